The lowest BCUT2D eigenvalue weighted by Gasteiger charge is -2.14. The van der Waals surface area contributed by atoms with E-state index in [4.69, 9.17) is 4.74 Å². The number of hydrogen-bond donors (Lipinski definition) is 1. The SMILES string of the molecule is FC(CCCCC1CCCCNC1)COCc1ccccc1. The summed E-state index contributed by atoms with van der Waals surface area (Å²) in [4.78, 5) is 0. The Labute approximate surface area is 134 Å². The van der Waals surface area contributed by atoms with Gasteiger partial charge in [0.25, 0.3) is 0 Å². The van der Waals surface area contributed by atoms with Crippen molar-refractivity contribution >= 4 is 0 Å². The Morgan fingerprint density at radius 1 is 1.18 bits per heavy atom. The van der Waals surface area contributed by atoms with Gasteiger partial charge in [-0.3, -0.25) is 0 Å². The van der Waals surface area contributed by atoms with Crippen molar-refractivity contribution in [2.45, 2.75) is 57.7 Å². The number of alkyl halides is 1. The fraction of sp³-hybridized carbons (Fsp3) is 0.684. The Bertz CT molecular complexity index is 376. The van der Waals surface area contributed by atoms with E-state index < -0.39 is 6.17 Å². The second kappa shape index (κ2) is 10.7. The molecular weight excluding hydrogens is 277 g/mol. The first kappa shape index (κ1) is 17.4. The molecule has 0 amide bonds. The summed E-state index contributed by atoms with van der Waals surface area (Å²) in [6.07, 6.45) is 7.17. The molecule has 0 bridgehead atoms. The highest BCUT2D eigenvalue weighted by molar-refractivity contribution is 5.13. The molecule has 0 aromatic heterocycles. The van der Waals surface area contributed by atoms with Crippen LogP contribution in [-0.2, 0) is 11.3 Å². The van der Waals surface area contributed by atoms with Gasteiger partial charge in [-0.25, -0.2) is 4.39 Å². The van der Waals surface area contributed by atoms with Gasteiger partial charge in [-0.15, -0.1) is 0 Å². The van der Waals surface area contributed by atoms with Crippen LogP contribution in [0.3, 0.4) is 0 Å². The van der Waals surface area contributed by atoms with Crippen LogP contribution in [0.2, 0.25) is 0 Å². The van der Waals surface area contributed by atoms with Gasteiger partial charge in [-0.1, -0.05) is 49.6 Å². The first-order valence-electron chi connectivity index (χ1n) is 8.81. The normalized spacial score (nSPS) is 20.5. The predicted molar refractivity (Wildman–Crippen MR) is 89.7 cm³/mol. The molecular formula is C19H30FNO. The van der Waals surface area contributed by atoms with E-state index in [1.54, 1.807) is 0 Å². The highest BCUT2D eigenvalue weighted by Gasteiger charge is 2.12. The minimum Gasteiger partial charge on any atom is -0.374 e. The zero-order valence-corrected chi connectivity index (χ0v) is 13.6. The van der Waals surface area contributed by atoms with Gasteiger partial charge < -0.3 is 10.1 Å². The lowest BCUT2D eigenvalue weighted by Crippen LogP contribution is -2.20. The van der Waals surface area contributed by atoms with Crippen molar-refractivity contribution in [3.63, 3.8) is 0 Å². The van der Waals surface area contributed by atoms with Gasteiger partial charge >= 0.3 is 0 Å². The molecule has 0 saturated carbocycles. The van der Waals surface area contributed by atoms with Gasteiger partial charge in [0, 0.05) is 0 Å². The number of unbranched alkanes of at least 4 members (excludes halogenated alkanes) is 1. The maximum atomic E-state index is 13.8. The smallest absolute Gasteiger partial charge is 0.123 e. The molecule has 124 valence electrons. The van der Waals surface area contributed by atoms with E-state index in [-0.39, 0.29) is 6.61 Å². The molecule has 2 atom stereocenters. The molecule has 2 unspecified atom stereocenters. The molecule has 22 heavy (non-hydrogen) atoms. The summed E-state index contributed by atoms with van der Waals surface area (Å²) in [5, 5.41) is 3.50. The molecule has 1 aliphatic rings. The Morgan fingerprint density at radius 2 is 2.05 bits per heavy atom. The molecule has 1 N–H and O–H groups in total. The summed E-state index contributed by atoms with van der Waals surface area (Å²) < 4.78 is 19.3. The monoisotopic (exact) mass is 307 g/mol. The maximum Gasteiger partial charge on any atom is 0.123 e. The average Bonchev–Trinajstić information content (AvgIpc) is 2.81. The van der Waals surface area contributed by atoms with E-state index in [1.165, 1.54) is 32.2 Å². The van der Waals surface area contributed by atoms with Crippen LogP contribution in [0.5, 0.6) is 0 Å². The van der Waals surface area contributed by atoms with Crippen LogP contribution in [0.4, 0.5) is 4.39 Å². The number of benzene rings is 1. The quantitative estimate of drug-likeness (QED) is 0.679. The van der Waals surface area contributed by atoms with E-state index in [0.717, 1.165) is 30.9 Å². The van der Waals surface area contributed by atoms with Crippen molar-refractivity contribution in [3.05, 3.63) is 35.9 Å². The summed E-state index contributed by atoms with van der Waals surface area (Å²) in [5.74, 6) is 0.801. The number of nitrogens with one attached hydrogen (secondary N) is 1. The molecule has 3 heteroatoms. The van der Waals surface area contributed by atoms with Crippen LogP contribution in [0.1, 0.15) is 50.5 Å². The summed E-state index contributed by atoms with van der Waals surface area (Å²) >= 11 is 0. The zero-order chi connectivity index (χ0) is 15.5. The minimum absolute atomic E-state index is 0.222. The van der Waals surface area contributed by atoms with Gasteiger partial charge in [0.05, 0.1) is 13.2 Å². The van der Waals surface area contributed by atoms with Crippen LogP contribution in [0.15, 0.2) is 30.3 Å². The van der Waals surface area contributed by atoms with E-state index in [1.807, 2.05) is 30.3 Å². The van der Waals surface area contributed by atoms with Crippen molar-refractivity contribution in [2.75, 3.05) is 19.7 Å². The topological polar surface area (TPSA) is 21.3 Å². The van der Waals surface area contributed by atoms with Crippen LogP contribution < -0.4 is 5.32 Å². The van der Waals surface area contributed by atoms with Gasteiger partial charge in [-0.2, -0.15) is 0 Å². The third kappa shape index (κ3) is 7.37. The van der Waals surface area contributed by atoms with E-state index in [2.05, 4.69) is 5.32 Å². The molecule has 1 saturated heterocycles. The van der Waals surface area contributed by atoms with Gasteiger partial charge in [0.2, 0.25) is 0 Å². The number of hydrogen-bond acceptors (Lipinski definition) is 2. The highest BCUT2D eigenvalue weighted by atomic mass is 19.1. The average molecular weight is 307 g/mol. The highest BCUT2D eigenvalue weighted by Crippen LogP contribution is 2.19. The first-order valence-corrected chi connectivity index (χ1v) is 8.81. The van der Waals surface area contributed by atoms with Crippen molar-refractivity contribution in [3.8, 4) is 0 Å². The predicted octanol–water partition coefficient (Wildman–Crippen LogP) is 4.49. The lowest BCUT2D eigenvalue weighted by molar-refractivity contribution is 0.0653. The third-order valence-corrected chi connectivity index (χ3v) is 4.44. The second-order valence-electron chi connectivity index (χ2n) is 6.45. The van der Waals surface area contributed by atoms with Gasteiger partial charge in [-0.05, 0) is 50.3 Å². The maximum absolute atomic E-state index is 13.8. The molecule has 0 aliphatic carbocycles. The van der Waals surface area contributed by atoms with Gasteiger partial charge in [0.1, 0.15) is 6.17 Å². The van der Waals surface area contributed by atoms with Crippen molar-refractivity contribution in [1.82, 2.24) is 5.32 Å². The number of ether oxygens (including phenoxy) is 1. The van der Waals surface area contributed by atoms with Crippen molar-refractivity contribution in [2.24, 2.45) is 5.92 Å². The molecule has 2 rings (SSSR count). The van der Waals surface area contributed by atoms with E-state index >= 15 is 0 Å². The lowest BCUT2D eigenvalue weighted by atomic mass is 9.96. The third-order valence-electron chi connectivity index (χ3n) is 4.44. The van der Waals surface area contributed by atoms with Crippen LogP contribution in [0.25, 0.3) is 0 Å². The molecule has 1 heterocycles. The summed E-state index contributed by atoms with van der Waals surface area (Å²) in [6, 6.07) is 9.95. The second-order valence-corrected chi connectivity index (χ2v) is 6.45. The largest absolute Gasteiger partial charge is 0.374 e. The van der Waals surface area contributed by atoms with Gasteiger partial charge in [0.15, 0.2) is 0 Å². The van der Waals surface area contributed by atoms with Crippen molar-refractivity contribution < 1.29 is 9.13 Å². The molecule has 1 aromatic rings. The molecule has 1 fully saturated rings. The number of rotatable bonds is 9. The number of halogens is 1. The summed E-state index contributed by atoms with van der Waals surface area (Å²) in [7, 11) is 0. The Hall–Kier alpha value is -0.930. The standard InChI is InChI=1S/C19H30FNO/c20-19(16-22-15-18-10-2-1-3-11-18)12-5-4-8-17-9-6-7-13-21-14-17/h1-3,10-11,17,19,21H,4-9,12-16H2. The first-order chi connectivity index (χ1) is 10.8. The zero-order valence-electron chi connectivity index (χ0n) is 13.6. The van der Waals surface area contributed by atoms with E-state index in [9.17, 15) is 4.39 Å². The van der Waals surface area contributed by atoms with Crippen LogP contribution in [-0.4, -0.2) is 25.9 Å². The molecule has 1 aromatic carbocycles. The fourth-order valence-corrected chi connectivity index (χ4v) is 3.10. The fourth-order valence-electron chi connectivity index (χ4n) is 3.10. The molecule has 0 radical (unpaired) electrons. The minimum atomic E-state index is -0.823. The Kier molecular flexibility index (Phi) is 8.51. The van der Waals surface area contributed by atoms with Crippen LogP contribution >= 0.6 is 0 Å². The summed E-state index contributed by atoms with van der Waals surface area (Å²) in [5.41, 5.74) is 1.11. The summed E-state index contributed by atoms with van der Waals surface area (Å²) in [6.45, 7) is 3.05. The van der Waals surface area contributed by atoms with Crippen molar-refractivity contribution in [1.29, 1.82) is 0 Å². The van der Waals surface area contributed by atoms with E-state index in [0.29, 0.717) is 13.0 Å². The molecule has 2 nitrogen and oxygen atoms in total. The molecule has 1 aliphatic heterocycles. The van der Waals surface area contributed by atoms with Crippen LogP contribution in [0, 0.1) is 5.92 Å². The Balaban J connectivity index is 1.47. The Morgan fingerprint density at radius 3 is 2.91 bits per heavy atom. The molecule has 0 spiro atoms.